The lowest BCUT2D eigenvalue weighted by atomic mass is 9.96. The van der Waals surface area contributed by atoms with Crippen molar-refractivity contribution in [1.82, 2.24) is 9.97 Å². The van der Waals surface area contributed by atoms with Crippen LogP contribution in [0.4, 0.5) is 5.13 Å². The number of carbonyl (C=O) groups excluding carboxylic acids is 2. The maximum Gasteiger partial charge on any atom is 0.311 e. The van der Waals surface area contributed by atoms with Gasteiger partial charge in [-0.3, -0.25) is 9.59 Å². The van der Waals surface area contributed by atoms with Crippen molar-refractivity contribution in [2.75, 3.05) is 17.7 Å². The standard InChI is InChI=1S/C22H26N4O3S2/c1-2-29-20(28)12-17-14-31-22(24-17)26-19(27)9-10-30-21-16(13-23)11-15-7-5-3-4-6-8-18(15)25-21/h11,14H,2-10,12H2,1H3,(H,24,26,27). The second-order valence-electron chi connectivity index (χ2n) is 7.25. The lowest BCUT2D eigenvalue weighted by Crippen LogP contribution is -2.13. The van der Waals surface area contributed by atoms with Crippen LogP contribution in [0, 0.1) is 11.3 Å². The molecular formula is C22H26N4O3S2. The minimum atomic E-state index is -0.334. The van der Waals surface area contributed by atoms with Gasteiger partial charge in [0, 0.05) is 23.2 Å². The molecule has 1 aliphatic rings. The van der Waals surface area contributed by atoms with E-state index in [2.05, 4.69) is 16.4 Å². The Hall–Kier alpha value is -2.44. The molecule has 1 aliphatic carbocycles. The molecule has 0 radical (unpaired) electrons. The smallest absolute Gasteiger partial charge is 0.311 e. The van der Waals surface area contributed by atoms with Gasteiger partial charge in [-0.15, -0.1) is 23.1 Å². The molecule has 0 fully saturated rings. The Labute approximate surface area is 190 Å². The van der Waals surface area contributed by atoms with E-state index in [0.717, 1.165) is 31.4 Å². The normalized spacial score (nSPS) is 13.4. The van der Waals surface area contributed by atoms with Gasteiger partial charge in [0.05, 0.1) is 24.3 Å². The molecule has 1 N–H and O–H groups in total. The first-order valence-corrected chi connectivity index (χ1v) is 12.4. The molecule has 164 valence electrons. The van der Waals surface area contributed by atoms with E-state index in [-0.39, 0.29) is 24.7 Å². The number of amides is 1. The number of aryl methyl sites for hydroxylation is 2. The van der Waals surface area contributed by atoms with E-state index >= 15 is 0 Å². The topological polar surface area (TPSA) is 105 Å². The molecule has 3 rings (SSSR count). The van der Waals surface area contributed by atoms with E-state index in [4.69, 9.17) is 9.72 Å². The van der Waals surface area contributed by atoms with E-state index in [1.165, 1.54) is 41.5 Å². The Morgan fingerprint density at radius 1 is 1.26 bits per heavy atom. The first-order valence-electron chi connectivity index (χ1n) is 10.5. The monoisotopic (exact) mass is 458 g/mol. The van der Waals surface area contributed by atoms with Crippen LogP contribution in [-0.4, -0.2) is 34.2 Å². The van der Waals surface area contributed by atoms with Gasteiger partial charge in [0.15, 0.2) is 5.13 Å². The van der Waals surface area contributed by atoms with E-state index in [1.54, 1.807) is 12.3 Å². The second-order valence-corrected chi connectivity index (χ2v) is 9.19. The van der Waals surface area contributed by atoms with Crippen LogP contribution in [0.1, 0.15) is 61.5 Å². The fraction of sp³-hybridized carbons (Fsp3) is 0.500. The van der Waals surface area contributed by atoms with Crippen LogP contribution in [0.25, 0.3) is 0 Å². The van der Waals surface area contributed by atoms with Crippen molar-refractivity contribution in [2.24, 2.45) is 0 Å². The van der Waals surface area contributed by atoms with Gasteiger partial charge < -0.3 is 10.1 Å². The quantitative estimate of drug-likeness (QED) is 0.464. The zero-order chi connectivity index (χ0) is 22.1. The molecule has 2 heterocycles. The predicted molar refractivity (Wildman–Crippen MR) is 121 cm³/mol. The molecule has 2 aromatic heterocycles. The van der Waals surface area contributed by atoms with Crippen molar-refractivity contribution in [1.29, 1.82) is 5.26 Å². The largest absolute Gasteiger partial charge is 0.466 e. The number of hydrogen-bond acceptors (Lipinski definition) is 8. The number of esters is 1. The molecule has 0 spiro atoms. The Bertz CT molecular complexity index is 968. The van der Waals surface area contributed by atoms with Crippen LogP contribution in [0.2, 0.25) is 0 Å². The summed E-state index contributed by atoms with van der Waals surface area (Å²) in [6, 6.07) is 4.24. The fourth-order valence-electron chi connectivity index (χ4n) is 3.39. The number of carbonyl (C=O) groups is 2. The number of fused-ring (bicyclic) bond motifs is 1. The number of rotatable bonds is 8. The lowest BCUT2D eigenvalue weighted by Gasteiger charge is -2.15. The zero-order valence-electron chi connectivity index (χ0n) is 17.6. The minimum Gasteiger partial charge on any atom is -0.466 e. The molecule has 0 aromatic carbocycles. The minimum absolute atomic E-state index is 0.0942. The summed E-state index contributed by atoms with van der Waals surface area (Å²) in [5.41, 5.74) is 3.47. The van der Waals surface area contributed by atoms with Crippen LogP contribution >= 0.6 is 23.1 Å². The average molecular weight is 459 g/mol. The summed E-state index contributed by atoms with van der Waals surface area (Å²) in [6.07, 6.45) is 7.04. The third kappa shape index (κ3) is 7.04. The lowest BCUT2D eigenvalue weighted by molar-refractivity contribution is -0.142. The highest BCUT2D eigenvalue weighted by atomic mass is 32.2. The molecule has 1 amide bonds. The number of thioether (sulfide) groups is 1. The van der Waals surface area contributed by atoms with Crippen molar-refractivity contribution >= 4 is 40.1 Å². The third-order valence-corrected chi connectivity index (χ3v) is 6.68. The molecule has 0 saturated heterocycles. The number of thiazole rings is 1. The highest BCUT2D eigenvalue weighted by Gasteiger charge is 2.15. The van der Waals surface area contributed by atoms with E-state index < -0.39 is 0 Å². The van der Waals surface area contributed by atoms with Crippen LogP contribution < -0.4 is 5.32 Å². The first kappa shape index (κ1) is 23.2. The van der Waals surface area contributed by atoms with Gasteiger partial charge in [0.25, 0.3) is 0 Å². The van der Waals surface area contributed by atoms with Crippen molar-refractivity contribution in [3.05, 3.63) is 34.0 Å². The summed E-state index contributed by atoms with van der Waals surface area (Å²) in [6.45, 7) is 2.08. The molecular weight excluding hydrogens is 432 g/mol. The highest BCUT2D eigenvalue weighted by molar-refractivity contribution is 7.99. The van der Waals surface area contributed by atoms with E-state index in [9.17, 15) is 14.9 Å². The molecule has 9 heteroatoms. The van der Waals surface area contributed by atoms with Gasteiger partial charge in [-0.1, -0.05) is 12.8 Å². The van der Waals surface area contributed by atoms with Gasteiger partial charge in [0.1, 0.15) is 11.1 Å². The Morgan fingerprint density at radius 2 is 2.06 bits per heavy atom. The van der Waals surface area contributed by atoms with Crippen molar-refractivity contribution in [3.8, 4) is 6.07 Å². The summed E-state index contributed by atoms with van der Waals surface area (Å²) in [5.74, 6) is 0.0291. The van der Waals surface area contributed by atoms with Gasteiger partial charge in [0.2, 0.25) is 5.91 Å². The van der Waals surface area contributed by atoms with E-state index in [0.29, 0.717) is 33.8 Å². The molecule has 0 atom stereocenters. The Morgan fingerprint density at radius 3 is 2.84 bits per heavy atom. The van der Waals surface area contributed by atoms with Crippen LogP contribution in [0.3, 0.4) is 0 Å². The number of nitrogens with one attached hydrogen (secondary N) is 1. The summed E-state index contributed by atoms with van der Waals surface area (Å²) < 4.78 is 4.90. The molecule has 7 nitrogen and oxygen atoms in total. The predicted octanol–water partition coefficient (Wildman–Crippen LogP) is 4.30. The molecule has 0 aliphatic heterocycles. The second kappa shape index (κ2) is 11.8. The van der Waals surface area contributed by atoms with Crippen molar-refractivity contribution < 1.29 is 14.3 Å². The number of anilines is 1. The number of aromatic nitrogens is 2. The molecule has 0 bridgehead atoms. The van der Waals surface area contributed by atoms with Gasteiger partial charge in [-0.2, -0.15) is 5.26 Å². The Balaban J connectivity index is 1.52. The molecule has 2 aromatic rings. The number of nitrogens with zero attached hydrogens (tertiary/aromatic N) is 3. The molecule has 0 unspecified atom stereocenters. The highest BCUT2D eigenvalue weighted by Crippen LogP contribution is 2.27. The number of pyridine rings is 1. The van der Waals surface area contributed by atoms with Crippen LogP contribution in [-0.2, 0) is 33.6 Å². The molecule has 31 heavy (non-hydrogen) atoms. The third-order valence-electron chi connectivity index (χ3n) is 4.88. The zero-order valence-corrected chi connectivity index (χ0v) is 19.2. The summed E-state index contributed by atoms with van der Waals surface area (Å²) in [4.78, 5) is 32.8. The summed E-state index contributed by atoms with van der Waals surface area (Å²) >= 11 is 2.72. The van der Waals surface area contributed by atoms with Crippen LogP contribution in [0.5, 0.6) is 0 Å². The SMILES string of the molecule is CCOC(=O)Cc1csc(NC(=O)CCSc2nc3c(cc2C#N)CCCCCC3)n1. The number of hydrogen-bond donors (Lipinski definition) is 1. The number of ether oxygens (including phenoxy) is 1. The Kier molecular flexibility index (Phi) is 8.85. The summed E-state index contributed by atoms with van der Waals surface area (Å²) in [7, 11) is 0. The maximum absolute atomic E-state index is 12.3. The fourth-order valence-corrected chi connectivity index (χ4v) is 5.03. The van der Waals surface area contributed by atoms with Gasteiger partial charge in [-0.05, 0) is 44.2 Å². The molecule has 0 saturated carbocycles. The van der Waals surface area contributed by atoms with Crippen LogP contribution in [0.15, 0.2) is 16.5 Å². The first-order chi connectivity index (χ1) is 15.1. The van der Waals surface area contributed by atoms with Gasteiger partial charge in [-0.25, -0.2) is 9.97 Å². The van der Waals surface area contributed by atoms with Crippen molar-refractivity contribution in [3.63, 3.8) is 0 Å². The van der Waals surface area contributed by atoms with Gasteiger partial charge >= 0.3 is 5.97 Å². The van der Waals surface area contributed by atoms with E-state index in [1.807, 2.05) is 6.07 Å². The summed E-state index contributed by atoms with van der Waals surface area (Å²) in [5, 5.41) is 15.2. The number of nitriles is 1. The maximum atomic E-state index is 12.3. The average Bonchev–Trinajstić information content (AvgIpc) is 3.15. The van der Waals surface area contributed by atoms with Crippen molar-refractivity contribution in [2.45, 2.75) is 63.3 Å².